The second-order valence-electron chi connectivity index (χ2n) is 10.9. The summed E-state index contributed by atoms with van der Waals surface area (Å²) in [5.74, 6) is -1.000. The molecule has 1 aromatic heterocycles. The monoisotopic (exact) mass is 638 g/mol. The highest BCUT2D eigenvalue weighted by atomic mass is 35.5. The Kier molecular flexibility index (Phi) is 8.15. The van der Waals surface area contributed by atoms with E-state index in [1.807, 2.05) is 48.7 Å². The van der Waals surface area contributed by atoms with E-state index in [1.165, 1.54) is 30.8 Å². The molecule has 222 valence electrons. The average molecular weight is 640 g/mol. The Morgan fingerprint density at radius 1 is 1.00 bits per heavy atom. The molecular formula is C32H29Cl2FN4O3S. The van der Waals surface area contributed by atoms with Crippen molar-refractivity contribution < 1.29 is 18.8 Å². The number of aromatic nitrogens is 1. The van der Waals surface area contributed by atoms with Crippen LogP contribution < -0.4 is 0 Å². The highest BCUT2D eigenvalue weighted by Gasteiger charge is 2.59. The first kappa shape index (κ1) is 29.5. The summed E-state index contributed by atoms with van der Waals surface area (Å²) in [6.45, 7) is 3.18. The molecule has 7 nitrogen and oxygen atoms in total. The molecular weight excluding hydrogens is 610 g/mol. The molecule has 2 aliphatic heterocycles. The lowest BCUT2D eigenvalue weighted by Gasteiger charge is -2.42. The lowest BCUT2D eigenvalue weighted by atomic mass is 9.90. The highest BCUT2D eigenvalue weighted by Crippen LogP contribution is 2.55. The molecule has 2 atom stereocenters. The van der Waals surface area contributed by atoms with Gasteiger partial charge in [0.25, 0.3) is 0 Å². The van der Waals surface area contributed by atoms with Gasteiger partial charge in [-0.1, -0.05) is 53.5 Å². The van der Waals surface area contributed by atoms with Crippen molar-refractivity contribution in [3.8, 4) is 0 Å². The fourth-order valence-corrected chi connectivity index (χ4v) is 7.90. The summed E-state index contributed by atoms with van der Waals surface area (Å²) in [6.07, 6.45) is 1.78. The first-order valence-electron chi connectivity index (χ1n) is 13.9. The minimum atomic E-state index is -1.25. The Balaban J connectivity index is 1.50. The Bertz CT molecular complexity index is 1710. The molecule has 0 aliphatic carbocycles. The first-order chi connectivity index (χ1) is 20.7. The number of fused-ring (bicyclic) bond motifs is 1. The number of nitrogens with zero attached hydrogens (tertiary/aromatic N) is 3. The summed E-state index contributed by atoms with van der Waals surface area (Å²) in [5.41, 5.74) is 2.11. The largest absolute Gasteiger partial charge is 0.361 e. The average Bonchev–Trinajstić information content (AvgIpc) is 3.52. The van der Waals surface area contributed by atoms with Gasteiger partial charge in [-0.3, -0.25) is 14.4 Å². The second-order valence-corrected chi connectivity index (χ2v) is 13.1. The number of H-pyrrole nitrogens is 1. The molecule has 4 aromatic rings. The molecule has 0 saturated carbocycles. The van der Waals surface area contributed by atoms with Crippen LogP contribution in [0.15, 0.2) is 77.8 Å². The minimum absolute atomic E-state index is 0.00424. The van der Waals surface area contributed by atoms with Crippen LogP contribution in [0.1, 0.15) is 30.5 Å². The Morgan fingerprint density at radius 3 is 2.42 bits per heavy atom. The van der Waals surface area contributed by atoms with E-state index in [-0.39, 0.29) is 35.7 Å². The number of rotatable bonds is 6. The normalized spacial score (nSPS) is 20.7. The quantitative estimate of drug-likeness (QED) is 0.269. The molecule has 2 fully saturated rings. The molecule has 11 heteroatoms. The zero-order chi connectivity index (χ0) is 30.3. The molecule has 2 aliphatic rings. The van der Waals surface area contributed by atoms with Gasteiger partial charge in [-0.25, -0.2) is 4.39 Å². The van der Waals surface area contributed by atoms with Crippen molar-refractivity contribution >= 4 is 63.6 Å². The predicted molar refractivity (Wildman–Crippen MR) is 166 cm³/mol. The molecule has 3 heterocycles. The van der Waals surface area contributed by atoms with Crippen LogP contribution in [0, 0.1) is 5.82 Å². The zero-order valence-electron chi connectivity index (χ0n) is 23.4. The lowest BCUT2D eigenvalue weighted by Crippen LogP contribution is -2.56. The van der Waals surface area contributed by atoms with E-state index >= 15 is 0 Å². The van der Waals surface area contributed by atoms with Gasteiger partial charge < -0.3 is 19.7 Å². The number of hydrogen-bond donors (Lipinski definition) is 1. The van der Waals surface area contributed by atoms with E-state index < -0.39 is 16.6 Å². The van der Waals surface area contributed by atoms with E-state index in [0.29, 0.717) is 36.8 Å². The van der Waals surface area contributed by atoms with Gasteiger partial charge in [-0.2, -0.15) is 0 Å². The fraction of sp³-hybridized carbons (Fsp3) is 0.281. The third-order valence-electron chi connectivity index (χ3n) is 8.21. The molecule has 3 aromatic carbocycles. The van der Waals surface area contributed by atoms with Gasteiger partial charge in [0.2, 0.25) is 17.7 Å². The number of amides is 3. The molecule has 1 N–H and O–H groups in total. The van der Waals surface area contributed by atoms with Crippen molar-refractivity contribution in [3.05, 3.63) is 99.9 Å². The number of likely N-dealkylation sites (tertiary alicyclic amines) is 1. The summed E-state index contributed by atoms with van der Waals surface area (Å²) >= 11 is 13.6. The van der Waals surface area contributed by atoms with Crippen LogP contribution in [-0.2, 0) is 20.9 Å². The van der Waals surface area contributed by atoms with Crippen LogP contribution in [0.4, 0.5) is 4.39 Å². The Hall–Kier alpha value is -3.53. The summed E-state index contributed by atoms with van der Waals surface area (Å²) in [4.78, 5) is 50.3. The molecule has 0 spiro atoms. The minimum Gasteiger partial charge on any atom is -0.361 e. The van der Waals surface area contributed by atoms with E-state index in [4.69, 9.17) is 23.2 Å². The maximum Gasteiger partial charge on any atom is 0.242 e. The van der Waals surface area contributed by atoms with Gasteiger partial charge in [-0.15, -0.1) is 11.8 Å². The van der Waals surface area contributed by atoms with Crippen molar-refractivity contribution in [1.82, 2.24) is 19.7 Å². The lowest BCUT2D eigenvalue weighted by molar-refractivity contribution is -0.140. The van der Waals surface area contributed by atoms with Crippen LogP contribution >= 0.6 is 35.0 Å². The van der Waals surface area contributed by atoms with Gasteiger partial charge in [0.15, 0.2) is 0 Å². The zero-order valence-corrected chi connectivity index (χ0v) is 25.7. The first-order valence-corrected chi connectivity index (χ1v) is 15.5. The summed E-state index contributed by atoms with van der Waals surface area (Å²) in [6, 6.07) is 18.8. The molecule has 0 radical (unpaired) electrons. The fourth-order valence-electron chi connectivity index (χ4n) is 6.12. The molecule has 0 unspecified atom stereocenters. The van der Waals surface area contributed by atoms with Crippen LogP contribution in [0.3, 0.4) is 0 Å². The topological polar surface area (TPSA) is 76.7 Å². The number of hydrogen-bond acceptors (Lipinski definition) is 4. The van der Waals surface area contributed by atoms with Crippen molar-refractivity contribution in [2.75, 3.05) is 26.2 Å². The van der Waals surface area contributed by atoms with Crippen LogP contribution in [0.5, 0.6) is 0 Å². The second kappa shape index (κ2) is 11.9. The van der Waals surface area contributed by atoms with Crippen LogP contribution in [0.2, 0.25) is 10.0 Å². The maximum atomic E-state index is 14.9. The molecule has 3 amide bonds. The predicted octanol–water partition coefficient (Wildman–Crippen LogP) is 6.31. The van der Waals surface area contributed by atoms with Crippen molar-refractivity contribution in [3.63, 3.8) is 0 Å². The molecule has 43 heavy (non-hydrogen) atoms. The maximum absolute atomic E-state index is 14.9. The standard InChI is InChI=1S/C32H29Cl2FN4O3S/c1-20(40)37-11-13-38(14-12-37)31(42)32(43-23-5-3-2-4-6-23)17-29(41)39(19-21-7-10-26(34)27(35)15-21)30(32)25-18-36-28-16-22(33)8-9-24(25)28/h2-10,15-16,18,30,36H,11-14,17,19H2,1H3/t30-,32-/m1/s1. The smallest absolute Gasteiger partial charge is 0.242 e. The molecule has 6 rings (SSSR count). The molecule has 0 bridgehead atoms. The summed E-state index contributed by atoms with van der Waals surface area (Å²) < 4.78 is 13.3. The third kappa shape index (κ3) is 5.61. The van der Waals surface area contributed by atoms with Crippen LogP contribution in [0.25, 0.3) is 10.9 Å². The number of carbonyl (C=O) groups is 3. The van der Waals surface area contributed by atoms with Gasteiger partial charge in [0.05, 0.1) is 17.5 Å². The summed E-state index contributed by atoms with van der Waals surface area (Å²) in [5, 5.41) is 1.39. The number of piperazine rings is 1. The SMILES string of the molecule is CC(=O)N1CCN(C(=O)[C@@]2(Sc3ccccc3)CC(=O)N(Cc3ccc(Cl)c(F)c3)[C@@H]2c2c[nH]c3cc(Cl)ccc23)CC1. The number of benzene rings is 3. The number of nitrogens with one attached hydrogen (secondary N) is 1. The van der Waals surface area contributed by atoms with Crippen molar-refractivity contribution in [2.45, 2.75) is 35.6 Å². The van der Waals surface area contributed by atoms with E-state index in [9.17, 15) is 18.8 Å². The van der Waals surface area contributed by atoms with Gasteiger partial charge >= 0.3 is 0 Å². The van der Waals surface area contributed by atoms with Gasteiger partial charge in [0, 0.05) is 72.2 Å². The Labute approximate surface area is 262 Å². The van der Waals surface area contributed by atoms with E-state index in [1.54, 1.807) is 26.8 Å². The molecule has 2 saturated heterocycles. The number of halogens is 3. The Morgan fingerprint density at radius 2 is 1.72 bits per heavy atom. The third-order valence-corrected chi connectivity index (χ3v) is 10.2. The van der Waals surface area contributed by atoms with Crippen molar-refractivity contribution in [2.24, 2.45) is 0 Å². The van der Waals surface area contributed by atoms with E-state index in [2.05, 4.69) is 4.98 Å². The summed E-state index contributed by atoms with van der Waals surface area (Å²) in [7, 11) is 0. The van der Waals surface area contributed by atoms with Gasteiger partial charge in [-0.05, 0) is 42.0 Å². The number of aromatic amines is 1. The van der Waals surface area contributed by atoms with Crippen LogP contribution in [-0.4, -0.2) is 68.3 Å². The number of thioether (sulfide) groups is 1. The highest BCUT2D eigenvalue weighted by molar-refractivity contribution is 8.01. The number of carbonyl (C=O) groups excluding carboxylic acids is 3. The van der Waals surface area contributed by atoms with E-state index in [0.717, 1.165) is 21.4 Å². The van der Waals surface area contributed by atoms with Crippen molar-refractivity contribution in [1.29, 1.82) is 0 Å². The van der Waals surface area contributed by atoms with Gasteiger partial charge in [0.1, 0.15) is 10.6 Å².